The van der Waals surface area contributed by atoms with Gasteiger partial charge in [-0.3, -0.25) is 9.59 Å². The van der Waals surface area contributed by atoms with Crippen LogP contribution in [0.15, 0.2) is 28.8 Å². The molecule has 0 unspecified atom stereocenters. The van der Waals surface area contributed by atoms with Crippen LogP contribution in [0.1, 0.15) is 26.2 Å². The summed E-state index contributed by atoms with van der Waals surface area (Å²) in [5.41, 5.74) is 0.634. The van der Waals surface area contributed by atoms with Crippen LogP contribution in [0, 0.1) is 5.82 Å². The molecule has 8 heteroatoms. The third-order valence-corrected chi connectivity index (χ3v) is 4.04. The van der Waals surface area contributed by atoms with Gasteiger partial charge < -0.3 is 14.3 Å². The summed E-state index contributed by atoms with van der Waals surface area (Å²) in [6, 6.07) is 5.75. The van der Waals surface area contributed by atoms with Crippen LogP contribution in [0.25, 0.3) is 11.4 Å². The fraction of sp³-hybridized carbons (Fsp3) is 0.444. The van der Waals surface area contributed by atoms with Gasteiger partial charge in [0, 0.05) is 38.5 Å². The summed E-state index contributed by atoms with van der Waals surface area (Å²) >= 11 is 0. The van der Waals surface area contributed by atoms with E-state index in [-0.39, 0.29) is 37.0 Å². The molecule has 1 aromatic carbocycles. The monoisotopic (exact) mass is 362 g/mol. The molecule has 0 spiro atoms. The van der Waals surface area contributed by atoms with Crippen molar-refractivity contribution in [3.8, 4) is 11.4 Å². The first kappa shape index (κ1) is 19.6. The maximum Gasteiger partial charge on any atom is 0.242 e. The Balaban J connectivity index is 1.87. The van der Waals surface area contributed by atoms with Crippen LogP contribution in [0.4, 0.5) is 4.39 Å². The highest BCUT2D eigenvalue weighted by Gasteiger charge is 2.17. The van der Waals surface area contributed by atoms with E-state index in [1.54, 1.807) is 24.1 Å². The first-order chi connectivity index (χ1) is 12.4. The van der Waals surface area contributed by atoms with Crippen LogP contribution in [-0.2, 0) is 16.0 Å². The van der Waals surface area contributed by atoms with E-state index in [1.807, 2.05) is 13.8 Å². The lowest BCUT2D eigenvalue weighted by Gasteiger charge is -2.23. The lowest BCUT2D eigenvalue weighted by Crippen LogP contribution is -2.41. The lowest BCUT2D eigenvalue weighted by molar-refractivity contribution is -0.139. The Kier molecular flexibility index (Phi) is 6.82. The van der Waals surface area contributed by atoms with E-state index in [0.717, 1.165) is 0 Å². The van der Waals surface area contributed by atoms with E-state index in [1.165, 1.54) is 17.0 Å². The number of hydrogen-bond acceptors (Lipinski definition) is 5. The number of likely N-dealkylation sites (N-methyl/N-ethyl adjacent to an activating group) is 2. The minimum atomic E-state index is -0.342. The van der Waals surface area contributed by atoms with Gasteiger partial charge in [0.15, 0.2) is 0 Å². The molecule has 0 saturated heterocycles. The minimum absolute atomic E-state index is 0.0468. The third-order valence-electron chi connectivity index (χ3n) is 4.04. The molecule has 0 N–H and O–H groups in total. The first-order valence-electron chi connectivity index (χ1n) is 8.54. The van der Waals surface area contributed by atoms with E-state index in [0.29, 0.717) is 30.4 Å². The second-order valence-corrected chi connectivity index (χ2v) is 5.83. The van der Waals surface area contributed by atoms with Crippen LogP contribution in [0.3, 0.4) is 0 Å². The van der Waals surface area contributed by atoms with Crippen molar-refractivity contribution < 1.29 is 18.5 Å². The van der Waals surface area contributed by atoms with Crippen LogP contribution in [0.2, 0.25) is 0 Å². The molecule has 0 aliphatic carbocycles. The number of nitrogens with zero attached hydrogens (tertiary/aromatic N) is 4. The van der Waals surface area contributed by atoms with Crippen molar-refractivity contribution in [1.82, 2.24) is 19.9 Å². The number of halogens is 1. The highest BCUT2D eigenvalue weighted by molar-refractivity contribution is 5.84. The second-order valence-electron chi connectivity index (χ2n) is 5.83. The quantitative estimate of drug-likeness (QED) is 0.719. The van der Waals surface area contributed by atoms with Crippen LogP contribution in [-0.4, -0.2) is 58.4 Å². The number of aryl methyl sites for hydroxylation is 1. The van der Waals surface area contributed by atoms with E-state index in [2.05, 4.69) is 10.1 Å². The molecule has 7 nitrogen and oxygen atoms in total. The number of aromatic nitrogens is 2. The lowest BCUT2D eigenvalue weighted by atomic mass is 10.2. The number of hydrogen-bond donors (Lipinski definition) is 0. The summed E-state index contributed by atoms with van der Waals surface area (Å²) in [7, 11) is 1.60. The largest absolute Gasteiger partial charge is 0.342 e. The number of carbonyl (C=O) groups excluding carboxylic acids is 2. The highest BCUT2D eigenvalue weighted by Crippen LogP contribution is 2.16. The predicted octanol–water partition coefficient (Wildman–Crippen LogP) is 2.14. The molecule has 2 amide bonds. The zero-order chi connectivity index (χ0) is 19.1. The maximum absolute atomic E-state index is 12.9. The predicted molar refractivity (Wildman–Crippen MR) is 93.6 cm³/mol. The van der Waals surface area contributed by atoms with Crippen molar-refractivity contribution >= 4 is 11.8 Å². The van der Waals surface area contributed by atoms with Gasteiger partial charge in [0.1, 0.15) is 5.82 Å². The van der Waals surface area contributed by atoms with Crippen molar-refractivity contribution in [2.75, 3.05) is 26.7 Å². The van der Waals surface area contributed by atoms with Gasteiger partial charge >= 0.3 is 0 Å². The van der Waals surface area contributed by atoms with Crippen molar-refractivity contribution in [2.24, 2.45) is 0 Å². The molecular weight excluding hydrogens is 339 g/mol. The second kappa shape index (κ2) is 9.07. The molecule has 0 aliphatic heterocycles. The smallest absolute Gasteiger partial charge is 0.242 e. The average molecular weight is 362 g/mol. The van der Waals surface area contributed by atoms with E-state index < -0.39 is 0 Å². The molecule has 0 fully saturated rings. The molecule has 2 aromatic rings. The summed E-state index contributed by atoms with van der Waals surface area (Å²) in [6.07, 6.45) is 0.434. The normalized spacial score (nSPS) is 10.6. The summed E-state index contributed by atoms with van der Waals surface area (Å²) in [5.74, 6) is 0.0679. The Morgan fingerprint density at radius 3 is 2.38 bits per heavy atom. The van der Waals surface area contributed by atoms with Crippen LogP contribution in [0.5, 0.6) is 0 Å². The summed E-state index contributed by atoms with van der Waals surface area (Å²) < 4.78 is 18.1. The zero-order valence-electron chi connectivity index (χ0n) is 15.2. The fourth-order valence-electron chi connectivity index (χ4n) is 2.44. The standard InChI is InChI=1S/C18H23FN4O3/c1-4-23(5-2)17(25)12-22(3)16(24)11-10-15-20-18(21-26-15)13-6-8-14(19)9-7-13/h6-9H,4-5,10-12H2,1-3H3. The summed E-state index contributed by atoms with van der Waals surface area (Å²) in [5, 5.41) is 3.84. The molecule has 1 aromatic heterocycles. The van der Waals surface area contributed by atoms with Gasteiger partial charge in [-0.2, -0.15) is 4.98 Å². The van der Waals surface area contributed by atoms with Gasteiger partial charge in [0.2, 0.25) is 23.5 Å². The van der Waals surface area contributed by atoms with Crippen LogP contribution >= 0.6 is 0 Å². The van der Waals surface area contributed by atoms with E-state index >= 15 is 0 Å². The SMILES string of the molecule is CCN(CC)C(=O)CN(C)C(=O)CCc1nc(-c2ccc(F)cc2)no1. The molecule has 0 atom stereocenters. The Bertz CT molecular complexity index is 741. The topological polar surface area (TPSA) is 79.5 Å². The Labute approximate surface area is 151 Å². The van der Waals surface area contributed by atoms with Crippen molar-refractivity contribution in [3.05, 3.63) is 36.0 Å². The van der Waals surface area contributed by atoms with Gasteiger partial charge in [0.25, 0.3) is 0 Å². The van der Waals surface area contributed by atoms with Crippen molar-refractivity contribution in [2.45, 2.75) is 26.7 Å². The number of rotatable bonds is 8. The van der Waals surface area contributed by atoms with Crippen molar-refractivity contribution in [1.29, 1.82) is 0 Å². The fourth-order valence-corrected chi connectivity index (χ4v) is 2.44. The Morgan fingerprint density at radius 2 is 1.77 bits per heavy atom. The summed E-state index contributed by atoms with van der Waals surface area (Å²) in [4.78, 5) is 31.5. The van der Waals surface area contributed by atoms with Gasteiger partial charge in [-0.15, -0.1) is 0 Å². The minimum Gasteiger partial charge on any atom is -0.342 e. The Morgan fingerprint density at radius 1 is 1.12 bits per heavy atom. The van der Waals surface area contributed by atoms with E-state index in [4.69, 9.17) is 4.52 Å². The molecule has 26 heavy (non-hydrogen) atoms. The molecule has 0 saturated carbocycles. The van der Waals surface area contributed by atoms with Gasteiger partial charge in [-0.25, -0.2) is 4.39 Å². The third kappa shape index (κ3) is 5.11. The molecule has 0 radical (unpaired) electrons. The van der Waals surface area contributed by atoms with Gasteiger partial charge in [-0.1, -0.05) is 5.16 Å². The average Bonchev–Trinajstić information content (AvgIpc) is 3.10. The molecule has 0 aliphatic rings. The summed E-state index contributed by atoms with van der Waals surface area (Å²) in [6.45, 7) is 5.08. The molecule has 0 bridgehead atoms. The highest BCUT2D eigenvalue weighted by atomic mass is 19.1. The van der Waals surface area contributed by atoms with Crippen LogP contribution < -0.4 is 0 Å². The van der Waals surface area contributed by atoms with Gasteiger partial charge in [0.05, 0.1) is 6.54 Å². The molecular formula is C18H23FN4O3. The number of benzene rings is 1. The Hall–Kier alpha value is -2.77. The maximum atomic E-state index is 12.9. The van der Waals surface area contributed by atoms with Gasteiger partial charge in [-0.05, 0) is 38.1 Å². The molecule has 1 heterocycles. The van der Waals surface area contributed by atoms with Crippen molar-refractivity contribution in [3.63, 3.8) is 0 Å². The van der Waals surface area contributed by atoms with E-state index in [9.17, 15) is 14.0 Å². The number of amides is 2. The zero-order valence-corrected chi connectivity index (χ0v) is 15.2. The molecule has 2 rings (SSSR count). The number of carbonyl (C=O) groups is 2. The first-order valence-corrected chi connectivity index (χ1v) is 8.54. The molecule has 140 valence electrons.